The van der Waals surface area contributed by atoms with E-state index < -0.39 is 92.1 Å². The largest absolute Gasteiger partial charge is 0.573 e. The molecule has 60 heavy (non-hydrogen) atoms. The number of Topliss-reactive ketones (excluding diaryl/α,β-unsaturated/α-hetero) is 1. The van der Waals surface area contributed by atoms with Gasteiger partial charge in [0.15, 0.2) is 11.5 Å². The van der Waals surface area contributed by atoms with Crippen LogP contribution in [0.3, 0.4) is 0 Å². The van der Waals surface area contributed by atoms with Crippen LogP contribution in [0.1, 0.15) is 81.6 Å². The first kappa shape index (κ1) is 41.2. The molecular weight excluding hydrogens is 815 g/mol. The van der Waals surface area contributed by atoms with E-state index in [1.54, 1.807) is 6.92 Å². The van der Waals surface area contributed by atoms with Crippen molar-refractivity contribution in [1.82, 2.24) is 25.1 Å². The van der Waals surface area contributed by atoms with Gasteiger partial charge in [0.1, 0.15) is 30.0 Å². The number of ketones is 1. The van der Waals surface area contributed by atoms with Gasteiger partial charge in [-0.25, -0.2) is 17.8 Å². The Balaban J connectivity index is 1.14. The van der Waals surface area contributed by atoms with Crippen molar-refractivity contribution in [2.75, 3.05) is 6.54 Å². The fourth-order valence-corrected chi connectivity index (χ4v) is 9.56. The summed E-state index contributed by atoms with van der Waals surface area (Å²) in [7, 11) is -4.05. The van der Waals surface area contributed by atoms with Crippen LogP contribution in [0.25, 0.3) is 21.7 Å². The normalized spacial score (nSPS) is 26.3. The highest BCUT2D eigenvalue weighted by Crippen LogP contribution is 2.57. The molecule has 3 amide bonds. The molecule has 14 nitrogen and oxygen atoms in total. The number of ether oxygens (including phenoxy) is 2. The predicted octanol–water partition coefficient (Wildman–Crippen LogP) is 6.04. The van der Waals surface area contributed by atoms with Crippen molar-refractivity contribution in [2.24, 2.45) is 11.3 Å². The van der Waals surface area contributed by atoms with E-state index in [2.05, 4.69) is 24.9 Å². The molecule has 318 valence electrons. The Bertz CT molecular complexity index is 2510. The first-order valence-electron chi connectivity index (χ1n) is 19.7. The standard InChI is InChI=1S/C41H41F4N5O9S/c1-39(14-15-39)60(55,56)49-38(54)40-20-23(40)7-5-3-2-4-6-8-31(46-35(52)30-13-16-57-48-30)37(53)50-22-26(19-33(50)34(51)21-40)58-36-29-17-24(42)9-11-27(29)28-12-10-25(18-32(28)47-36)59-41(43,44)45/h5,7,9-13,16-18,23,26,31,33H,2-4,6,8,14-15,19-22H2,1H3,(H,46,52)(H,49,54)/b7-5-/t23-,26-,31+,33+,40-/m1/s1. The van der Waals surface area contributed by atoms with E-state index in [0.29, 0.717) is 49.3 Å². The molecule has 3 fully saturated rings. The van der Waals surface area contributed by atoms with Gasteiger partial charge in [-0.3, -0.25) is 23.9 Å². The highest BCUT2D eigenvalue weighted by atomic mass is 32.2. The first-order chi connectivity index (χ1) is 28.4. The molecule has 0 spiro atoms. The average molecular weight is 856 g/mol. The van der Waals surface area contributed by atoms with Gasteiger partial charge in [-0.1, -0.05) is 36.2 Å². The van der Waals surface area contributed by atoms with Crippen LogP contribution in [0.5, 0.6) is 11.6 Å². The number of nitrogens with one attached hydrogen (secondary N) is 2. The monoisotopic (exact) mass is 855 g/mol. The van der Waals surface area contributed by atoms with Crippen LogP contribution in [-0.2, 0) is 24.4 Å². The zero-order valence-corrected chi connectivity index (χ0v) is 33.1. The third kappa shape index (κ3) is 8.27. The lowest BCUT2D eigenvalue weighted by atomic mass is 9.91. The first-order valence-corrected chi connectivity index (χ1v) is 21.2. The number of sulfonamides is 1. The van der Waals surface area contributed by atoms with Crippen LogP contribution in [0, 0.1) is 17.2 Å². The van der Waals surface area contributed by atoms with Gasteiger partial charge in [0.2, 0.25) is 27.7 Å². The molecule has 2 N–H and O–H groups in total. The van der Waals surface area contributed by atoms with E-state index in [1.807, 2.05) is 12.2 Å². The highest BCUT2D eigenvalue weighted by Gasteiger charge is 2.62. The summed E-state index contributed by atoms with van der Waals surface area (Å²) >= 11 is 0. The molecule has 8 rings (SSSR count). The van der Waals surface area contributed by atoms with E-state index in [0.717, 1.165) is 18.2 Å². The minimum atomic E-state index is -4.99. The van der Waals surface area contributed by atoms with Gasteiger partial charge >= 0.3 is 6.36 Å². The summed E-state index contributed by atoms with van der Waals surface area (Å²) in [5.74, 6) is -4.52. The third-order valence-electron chi connectivity index (χ3n) is 12.0. The fraction of sp³-hybridized carbons (Fsp3) is 0.463. The minimum absolute atomic E-state index is 0.0253. The van der Waals surface area contributed by atoms with Crippen molar-refractivity contribution in [3.8, 4) is 11.6 Å². The summed E-state index contributed by atoms with van der Waals surface area (Å²) in [5.41, 5.74) is -1.46. The van der Waals surface area contributed by atoms with Gasteiger partial charge in [0.05, 0.1) is 28.3 Å². The number of hydrogen-bond acceptors (Lipinski definition) is 11. The molecule has 2 aliphatic heterocycles. The fourth-order valence-electron chi connectivity index (χ4n) is 8.22. The molecule has 4 aliphatic rings. The number of carbonyl (C=O) groups is 4. The smallest absolute Gasteiger partial charge is 0.472 e. The number of rotatable bonds is 8. The third-order valence-corrected chi connectivity index (χ3v) is 14.2. The number of halogens is 4. The van der Waals surface area contributed by atoms with Crippen molar-refractivity contribution in [3.63, 3.8) is 0 Å². The number of benzene rings is 2. The van der Waals surface area contributed by atoms with Gasteiger partial charge in [0.25, 0.3) is 5.91 Å². The summed E-state index contributed by atoms with van der Waals surface area (Å²) in [6.45, 7) is 1.30. The number of hydrogen-bond donors (Lipinski definition) is 2. The van der Waals surface area contributed by atoms with Crippen molar-refractivity contribution < 1.29 is 59.2 Å². The Labute approximate surface area is 341 Å². The summed E-state index contributed by atoms with van der Waals surface area (Å²) in [4.78, 5) is 62.1. The van der Waals surface area contributed by atoms with E-state index in [-0.39, 0.29) is 48.3 Å². The van der Waals surface area contributed by atoms with Crippen molar-refractivity contribution in [2.45, 2.75) is 100 Å². The van der Waals surface area contributed by atoms with Gasteiger partial charge in [0, 0.05) is 35.7 Å². The van der Waals surface area contributed by atoms with Crippen molar-refractivity contribution >= 4 is 55.2 Å². The van der Waals surface area contributed by atoms with Crippen LogP contribution in [0.2, 0.25) is 0 Å². The molecule has 2 aliphatic carbocycles. The quantitative estimate of drug-likeness (QED) is 0.119. The number of allylic oxidation sites excluding steroid dienone is 2. The Morgan fingerprint density at radius 3 is 2.53 bits per heavy atom. The lowest BCUT2D eigenvalue weighted by Crippen LogP contribution is -2.52. The second-order valence-electron chi connectivity index (χ2n) is 16.3. The molecule has 2 aromatic heterocycles. The Hall–Kier alpha value is -5.59. The topological polar surface area (TPSA) is 187 Å². The highest BCUT2D eigenvalue weighted by molar-refractivity contribution is 7.91. The predicted molar refractivity (Wildman–Crippen MR) is 205 cm³/mol. The van der Waals surface area contributed by atoms with Crippen LogP contribution in [0.4, 0.5) is 17.6 Å². The lowest BCUT2D eigenvalue weighted by molar-refractivity contribution is -0.274. The second-order valence-corrected chi connectivity index (χ2v) is 18.5. The van der Waals surface area contributed by atoms with E-state index in [1.165, 1.54) is 35.4 Å². The number of carbonyl (C=O) groups excluding carboxylic acids is 4. The number of aromatic nitrogens is 2. The number of amides is 3. The van der Waals surface area contributed by atoms with E-state index in [9.17, 15) is 45.2 Å². The van der Waals surface area contributed by atoms with Crippen LogP contribution in [0.15, 0.2) is 65.4 Å². The zero-order valence-electron chi connectivity index (χ0n) is 32.3. The molecule has 0 radical (unpaired) electrons. The molecule has 0 bridgehead atoms. The summed E-state index contributed by atoms with van der Waals surface area (Å²) in [6, 6.07) is 6.21. The number of nitrogens with zero attached hydrogens (tertiary/aromatic N) is 3. The molecule has 19 heteroatoms. The lowest BCUT2D eigenvalue weighted by Gasteiger charge is -2.29. The Morgan fingerprint density at radius 1 is 1.02 bits per heavy atom. The maximum Gasteiger partial charge on any atom is 0.573 e. The molecule has 4 heterocycles. The Morgan fingerprint density at radius 2 is 1.80 bits per heavy atom. The minimum Gasteiger partial charge on any atom is -0.472 e. The maximum atomic E-state index is 14.8. The SMILES string of the molecule is CC1(S(=O)(=O)NC(=O)[C@]23CC(=O)[C@@H]4C[C@@H](Oc5nc6cc(OC(F)(F)F)ccc6c6ccc(F)cc56)CN4C(=O)[C@@H](NC(=O)c4ccon4)CCCCC/C=C\[C@@H]2C3)CC1. The number of pyridine rings is 1. The van der Waals surface area contributed by atoms with Gasteiger partial charge < -0.3 is 24.2 Å². The van der Waals surface area contributed by atoms with Gasteiger partial charge in [-0.15, -0.1) is 13.2 Å². The van der Waals surface area contributed by atoms with Crippen LogP contribution < -0.4 is 19.5 Å². The van der Waals surface area contributed by atoms with Crippen LogP contribution in [-0.4, -0.2) is 82.8 Å². The molecule has 5 atom stereocenters. The maximum absolute atomic E-state index is 14.8. The molecule has 1 saturated heterocycles. The van der Waals surface area contributed by atoms with Gasteiger partial charge in [-0.05, 0) is 81.0 Å². The Kier molecular flexibility index (Phi) is 10.6. The summed E-state index contributed by atoms with van der Waals surface area (Å²) in [5, 5.41) is 7.31. The summed E-state index contributed by atoms with van der Waals surface area (Å²) < 4.78 is 97.0. The van der Waals surface area contributed by atoms with Gasteiger partial charge in [-0.2, -0.15) is 0 Å². The molecule has 0 unspecified atom stereocenters. The van der Waals surface area contributed by atoms with Crippen molar-refractivity contribution in [1.29, 1.82) is 0 Å². The zero-order chi connectivity index (χ0) is 42.6. The van der Waals surface area contributed by atoms with E-state index in [4.69, 9.17) is 9.26 Å². The molecule has 2 aromatic carbocycles. The second kappa shape index (κ2) is 15.5. The van der Waals surface area contributed by atoms with Crippen molar-refractivity contribution in [3.05, 3.63) is 72.4 Å². The number of alkyl halides is 3. The van der Waals surface area contributed by atoms with E-state index >= 15 is 0 Å². The molecular formula is C41H41F4N5O9S. The molecule has 4 aromatic rings. The molecule has 2 saturated carbocycles. The average Bonchev–Trinajstić information content (AvgIpc) is 3.93. The summed E-state index contributed by atoms with van der Waals surface area (Å²) in [6.07, 6.45) is 2.07. The number of fused-ring (bicyclic) bond motifs is 5. The van der Waals surface area contributed by atoms with Crippen LogP contribution >= 0.6 is 0 Å².